The molecule has 3 rings (SSSR count). The Bertz CT molecular complexity index is 625. The number of hydrogen-bond donors (Lipinski definition) is 0. The van der Waals surface area contributed by atoms with Crippen LogP contribution >= 0.6 is 11.6 Å². The Morgan fingerprint density at radius 2 is 1.96 bits per heavy atom. The van der Waals surface area contributed by atoms with Crippen LogP contribution < -0.4 is 4.74 Å². The van der Waals surface area contributed by atoms with Crippen molar-refractivity contribution in [2.45, 2.75) is 32.0 Å². The van der Waals surface area contributed by atoms with Gasteiger partial charge in [0.2, 0.25) is 0 Å². The topological polar surface area (TPSA) is 59.1 Å². The van der Waals surface area contributed by atoms with Gasteiger partial charge in [0.15, 0.2) is 6.10 Å². The molecular formula is C18H23ClN2O4. The lowest BCUT2D eigenvalue weighted by Gasteiger charge is -2.36. The normalized spacial score (nSPS) is 21.9. The van der Waals surface area contributed by atoms with E-state index in [1.807, 2.05) is 0 Å². The molecule has 0 N–H and O–H groups in total. The lowest BCUT2D eigenvalue weighted by Crippen LogP contribution is -2.54. The van der Waals surface area contributed by atoms with E-state index in [-0.39, 0.29) is 17.9 Å². The average molecular weight is 367 g/mol. The number of amides is 2. The van der Waals surface area contributed by atoms with Crippen LogP contribution in [0.4, 0.5) is 0 Å². The summed E-state index contributed by atoms with van der Waals surface area (Å²) < 4.78 is 11.1. The number of ether oxygens (including phenoxy) is 2. The highest BCUT2D eigenvalue weighted by Crippen LogP contribution is 2.20. The van der Waals surface area contributed by atoms with E-state index in [0.29, 0.717) is 43.6 Å². The maximum Gasteiger partial charge on any atom is 0.263 e. The summed E-state index contributed by atoms with van der Waals surface area (Å²) >= 11 is 5.93. The molecule has 2 amide bonds. The number of piperazine rings is 1. The molecule has 2 atom stereocenters. The van der Waals surface area contributed by atoms with Crippen molar-refractivity contribution in [1.82, 2.24) is 9.80 Å². The maximum atomic E-state index is 12.6. The standard InChI is InChI=1S/C18H23ClN2O4/c1-13(25-15-5-2-4-14(19)12-15)17(22)20-7-9-21(10-8-20)18(23)16-6-3-11-24-16/h2,4-5,12-13,16H,3,6-11H2,1H3. The fourth-order valence-corrected chi connectivity index (χ4v) is 3.36. The molecule has 136 valence electrons. The molecule has 7 heteroatoms. The molecule has 0 aromatic heterocycles. The van der Waals surface area contributed by atoms with E-state index in [0.717, 1.165) is 12.8 Å². The minimum Gasteiger partial charge on any atom is -0.481 e. The quantitative estimate of drug-likeness (QED) is 0.817. The van der Waals surface area contributed by atoms with E-state index in [4.69, 9.17) is 21.1 Å². The van der Waals surface area contributed by atoms with Crippen LogP contribution in [0, 0.1) is 0 Å². The largest absolute Gasteiger partial charge is 0.481 e. The summed E-state index contributed by atoms with van der Waals surface area (Å²) in [4.78, 5) is 28.4. The summed E-state index contributed by atoms with van der Waals surface area (Å²) in [6.07, 6.45) is 0.835. The van der Waals surface area contributed by atoms with Crippen molar-refractivity contribution in [3.8, 4) is 5.75 Å². The predicted octanol–water partition coefficient (Wildman–Crippen LogP) is 1.96. The van der Waals surface area contributed by atoms with Gasteiger partial charge in [-0.05, 0) is 38.0 Å². The van der Waals surface area contributed by atoms with Crippen molar-refractivity contribution < 1.29 is 19.1 Å². The summed E-state index contributed by atoms with van der Waals surface area (Å²) in [6.45, 7) is 4.49. The van der Waals surface area contributed by atoms with Crippen molar-refractivity contribution in [1.29, 1.82) is 0 Å². The van der Waals surface area contributed by atoms with Gasteiger partial charge in [-0.2, -0.15) is 0 Å². The Hall–Kier alpha value is -1.79. The number of hydrogen-bond acceptors (Lipinski definition) is 4. The minimum atomic E-state index is -0.598. The van der Waals surface area contributed by atoms with Crippen LogP contribution in [-0.2, 0) is 14.3 Å². The van der Waals surface area contributed by atoms with Gasteiger partial charge in [-0.3, -0.25) is 9.59 Å². The van der Waals surface area contributed by atoms with E-state index < -0.39 is 6.10 Å². The van der Waals surface area contributed by atoms with Gasteiger partial charge in [-0.1, -0.05) is 17.7 Å². The Labute approximate surface area is 152 Å². The first-order chi connectivity index (χ1) is 12.0. The highest BCUT2D eigenvalue weighted by molar-refractivity contribution is 6.30. The predicted molar refractivity (Wildman–Crippen MR) is 93.7 cm³/mol. The second-order valence-corrected chi connectivity index (χ2v) is 6.81. The second kappa shape index (κ2) is 8.06. The van der Waals surface area contributed by atoms with E-state index in [9.17, 15) is 9.59 Å². The molecule has 0 aliphatic carbocycles. The fraction of sp³-hybridized carbons (Fsp3) is 0.556. The molecule has 0 saturated carbocycles. The van der Waals surface area contributed by atoms with Crippen LogP contribution in [0.2, 0.25) is 5.02 Å². The molecular weight excluding hydrogens is 344 g/mol. The molecule has 0 bridgehead atoms. The molecule has 2 aliphatic rings. The molecule has 1 aromatic rings. The van der Waals surface area contributed by atoms with Gasteiger partial charge in [0.25, 0.3) is 11.8 Å². The lowest BCUT2D eigenvalue weighted by molar-refractivity contribution is -0.148. The molecule has 2 fully saturated rings. The lowest BCUT2D eigenvalue weighted by atomic mass is 10.2. The molecule has 0 radical (unpaired) electrons. The number of rotatable bonds is 4. The zero-order valence-electron chi connectivity index (χ0n) is 14.3. The molecule has 1 aromatic carbocycles. The summed E-state index contributed by atoms with van der Waals surface area (Å²) in [5, 5.41) is 0.568. The van der Waals surface area contributed by atoms with Crippen LogP contribution in [0.1, 0.15) is 19.8 Å². The molecule has 6 nitrogen and oxygen atoms in total. The fourth-order valence-electron chi connectivity index (χ4n) is 3.18. The number of halogens is 1. The molecule has 2 unspecified atom stereocenters. The van der Waals surface area contributed by atoms with E-state index in [2.05, 4.69) is 0 Å². The van der Waals surface area contributed by atoms with Crippen LogP contribution in [0.15, 0.2) is 24.3 Å². The first-order valence-corrected chi connectivity index (χ1v) is 9.04. The highest BCUT2D eigenvalue weighted by atomic mass is 35.5. The maximum absolute atomic E-state index is 12.6. The number of carbonyl (C=O) groups is 2. The van der Waals surface area contributed by atoms with Crippen molar-refractivity contribution >= 4 is 23.4 Å². The molecule has 2 aliphatic heterocycles. The molecule has 0 spiro atoms. The van der Waals surface area contributed by atoms with Gasteiger partial charge in [0.05, 0.1) is 0 Å². The minimum absolute atomic E-state index is 0.0489. The zero-order valence-corrected chi connectivity index (χ0v) is 15.1. The number of nitrogens with zero attached hydrogens (tertiary/aromatic N) is 2. The zero-order chi connectivity index (χ0) is 17.8. The third-order valence-electron chi connectivity index (χ3n) is 4.56. The monoisotopic (exact) mass is 366 g/mol. The van der Waals surface area contributed by atoms with Crippen molar-refractivity contribution in [3.63, 3.8) is 0 Å². The van der Waals surface area contributed by atoms with Gasteiger partial charge < -0.3 is 19.3 Å². The van der Waals surface area contributed by atoms with Gasteiger partial charge in [0.1, 0.15) is 11.9 Å². The van der Waals surface area contributed by atoms with Gasteiger partial charge >= 0.3 is 0 Å². The average Bonchev–Trinajstić information content (AvgIpc) is 3.15. The Balaban J connectivity index is 1.49. The summed E-state index contributed by atoms with van der Waals surface area (Å²) in [5.74, 6) is 0.539. The summed E-state index contributed by atoms with van der Waals surface area (Å²) in [7, 11) is 0. The Kier molecular flexibility index (Phi) is 5.81. The molecule has 2 heterocycles. The van der Waals surface area contributed by atoms with Gasteiger partial charge in [0, 0.05) is 37.8 Å². The number of benzene rings is 1. The third-order valence-corrected chi connectivity index (χ3v) is 4.80. The van der Waals surface area contributed by atoms with Gasteiger partial charge in [-0.25, -0.2) is 0 Å². The van der Waals surface area contributed by atoms with Gasteiger partial charge in [-0.15, -0.1) is 0 Å². The van der Waals surface area contributed by atoms with Crippen LogP contribution in [-0.4, -0.2) is 66.6 Å². The van der Waals surface area contributed by atoms with Crippen LogP contribution in [0.25, 0.3) is 0 Å². The van der Waals surface area contributed by atoms with E-state index >= 15 is 0 Å². The van der Waals surface area contributed by atoms with Crippen molar-refractivity contribution in [2.24, 2.45) is 0 Å². The smallest absolute Gasteiger partial charge is 0.263 e. The highest BCUT2D eigenvalue weighted by Gasteiger charge is 2.32. The van der Waals surface area contributed by atoms with Crippen molar-refractivity contribution in [2.75, 3.05) is 32.8 Å². The van der Waals surface area contributed by atoms with Crippen LogP contribution in [0.3, 0.4) is 0 Å². The third kappa shape index (κ3) is 4.44. The molecule has 2 saturated heterocycles. The Morgan fingerprint density at radius 3 is 2.60 bits per heavy atom. The Morgan fingerprint density at radius 1 is 1.24 bits per heavy atom. The SMILES string of the molecule is CC(Oc1cccc(Cl)c1)C(=O)N1CCN(C(=O)C2CCCO2)CC1. The first kappa shape index (κ1) is 18.0. The van der Waals surface area contributed by atoms with Crippen molar-refractivity contribution in [3.05, 3.63) is 29.3 Å². The number of carbonyl (C=O) groups excluding carboxylic acids is 2. The van der Waals surface area contributed by atoms with E-state index in [1.54, 1.807) is 41.0 Å². The summed E-state index contributed by atoms with van der Waals surface area (Å²) in [5.41, 5.74) is 0. The summed E-state index contributed by atoms with van der Waals surface area (Å²) in [6, 6.07) is 6.99. The first-order valence-electron chi connectivity index (χ1n) is 8.66. The molecule has 25 heavy (non-hydrogen) atoms. The second-order valence-electron chi connectivity index (χ2n) is 6.37. The van der Waals surface area contributed by atoms with Crippen LogP contribution in [0.5, 0.6) is 5.75 Å². The van der Waals surface area contributed by atoms with E-state index in [1.165, 1.54) is 0 Å².